The molecule has 2 rings (SSSR count). The number of halogens is 1. The molecule has 20 heavy (non-hydrogen) atoms. The van der Waals surface area contributed by atoms with Crippen molar-refractivity contribution < 1.29 is 9.90 Å². The number of benzene rings is 2. The maximum atomic E-state index is 12.3. The van der Waals surface area contributed by atoms with Gasteiger partial charge in [0.2, 0.25) is 0 Å². The molecule has 0 saturated carbocycles. The smallest absolute Gasteiger partial charge is 0.256 e. The Hall–Kier alpha value is -2.01. The molecule has 0 bridgehead atoms. The Morgan fingerprint density at radius 3 is 2.55 bits per heavy atom. The molecule has 5 heteroatoms. The number of amides is 1. The van der Waals surface area contributed by atoms with Gasteiger partial charge in [0.05, 0.1) is 11.4 Å². The molecular formula is C15H15BrN2O2. The second-order valence-corrected chi connectivity index (χ2v) is 5.52. The molecule has 4 nitrogen and oxygen atoms in total. The van der Waals surface area contributed by atoms with E-state index in [-0.39, 0.29) is 11.7 Å². The van der Waals surface area contributed by atoms with Gasteiger partial charge < -0.3 is 16.2 Å². The van der Waals surface area contributed by atoms with Crippen LogP contribution in [0.3, 0.4) is 0 Å². The normalized spacial score (nSPS) is 10.3. The Morgan fingerprint density at radius 2 is 1.95 bits per heavy atom. The van der Waals surface area contributed by atoms with Gasteiger partial charge in [0.1, 0.15) is 5.75 Å². The molecular weight excluding hydrogens is 320 g/mol. The van der Waals surface area contributed by atoms with E-state index >= 15 is 0 Å². The van der Waals surface area contributed by atoms with Gasteiger partial charge in [-0.3, -0.25) is 4.79 Å². The van der Waals surface area contributed by atoms with Gasteiger partial charge in [0, 0.05) is 10.0 Å². The summed E-state index contributed by atoms with van der Waals surface area (Å²) in [7, 11) is 0. The van der Waals surface area contributed by atoms with Crippen LogP contribution in [0, 0.1) is 13.8 Å². The highest BCUT2D eigenvalue weighted by atomic mass is 79.9. The van der Waals surface area contributed by atoms with Crippen LogP contribution in [0.15, 0.2) is 34.8 Å². The number of phenolic OH excluding ortho intramolecular Hbond substituents is 1. The zero-order chi connectivity index (χ0) is 14.9. The molecule has 4 N–H and O–H groups in total. The summed E-state index contributed by atoms with van der Waals surface area (Å²) in [5, 5.41) is 12.2. The van der Waals surface area contributed by atoms with Crippen LogP contribution < -0.4 is 11.1 Å². The molecule has 0 heterocycles. The quantitative estimate of drug-likeness (QED) is 0.734. The van der Waals surface area contributed by atoms with E-state index in [4.69, 9.17) is 5.73 Å². The summed E-state index contributed by atoms with van der Waals surface area (Å²) >= 11 is 3.39. The summed E-state index contributed by atoms with van der Waals surface area (Å²) in [6, 6.07) is 8.29. The van der Waals surface area contributed by atoms with Crippen LogP contribution in [-0.4, -0.2) is 11.0 Å². The minimum atomic E-state index is -0.265. The van der Waals surface area contributed by atoms with Crippen molar-refractivity contribution >= 4 is 33.2 Å². The summed E-state index contributed by atoms with van der Waals surface area (Å²) < 4.78 is 0.736. The van der Waals surface area contributed by atoms with Crippen LogP contribution in [0.25, 0.3) is 0 Å². The van der Waals surface area contributed by atoms with Crippen molar-refractivity contribution in [3.8, 4) is 5.75 Å². The third-order valence-corrected chi connectivity index (χ3v) is 3.58. The Bertz CT molecular complexity index is 661. The summed E-state index contributed by atoms with van der Waals surface area (Å²) in [5.74, 6) is -0.131. The molecule has 0 aromatic heterocycles. The molecule has 0 spiro atoms. The number of aromatic hydroxyl groups is 1. The topological polar surface area (TPSA) is 75.3 Å². The van der Waals surface area contributed by atoms with Crippen LogP contribution in [0.4, 0.5) is 11.4 Å². The average molecular weight is 335 g/mol. The molecule has 1 amide bonds. The minimum Gasteiger partial charge on any atom is -0.508 e. The zero-order valence-electron chi connectivity index (χ0n) is 11.2. The van der Waals surface area contributed by atoms with Crippen molar-refractivity contribution in [1.82, 2.24) is 0 Å². The molecule has 104 valence electrons. The van der Waals surface area contributed by atoms with Crippen molar-refractivity contribution in [3.05, 3.63) is 51.5 Å². The van der Waals surface area contributed by atoms with Crippen molar-refractivity contribution in [2.24, 2.45) is 0 Å². The number of nitrogens with one attached hydrogen (secondary N) is 1. The van der Waals surface area contributed by atoms with Crippen LogP contribution in [0.1, 0.15) is 21.5 Å². The summed E-state index contributed by atoms with van der Waals surface area (Å²) in [5.41, 5.74) is 9.18. The minimum absolute atomic E-state index is 0.134. The van der Waals surface area contributed by atoms with Crippen LogP contribution in [0.2, 0.25) is 0 Å². The Kier molecular flexibility index (Phi) is 3.99. The molecule has 0 atom stereocenters. The number of aryl methyl sites for hydroxylation is 2. The summed E-state index contributed by atoms with van der Waals surface area (Å²) in [6.07, 6.45) is 0. The molecule has 0 radical (unpaired) electrons. The number of carbonyl (C=O) groups is 1. The molecule has 0 aliphatic carbocycles. The number of phenols is 1. The van der Waals surface area contributed by atoms with Gasteiger partial charge in [-0.25, -0.2) is 0 Å². The summed E-state index contributed by atoms with van der Waals surface area (Å²) in [4.78, 5) is 12.3. The highest BCUT2D eigenvalue weighted by molar-refractivity contribution is 9.10. The second-order valence-electron chi connectivity index (χ2n) is 4.66. The molecule has 2 aromatic rings. The predicted molar refractivity (Wildman–Crippen MR) is 84.1 cm³/mol. The molecule has 0 saturated heterocycles. The molecule has 0 aliphatic heterocycles. The van der Waals surface area contributed by atoms with Gasteiger partial charge in [-0.05, 0) is 71.2 Å². The Morgan fingerprint density at radius 1 is 1.25 bits per heavy atom. The third kappa shape index (κ3) is 2.93. The molecule has 0 aliphatic rings. The fourth-order valence-electron chi connectivity index (χ4n) is 1.98. The number of nitrogen functional groups attached to an aromatic ring is 1. The lowest BCUT2D eigenvalue weighted by Gasteiger charge is -2.12. The maximum Gasteiger partial charge on any atom is 0.256 e. The number of rotatable bonds is 2. The van der Waals surface area contributed by atoms with E-state index in [2.05, 4.69) is 21.2 Å². The fraction of sp³-hybridized carbons (Fsp3) is 0.133. The highest BCUT2D eigenvalue weighted by Gasteiger charge is 2.13. The maximum absolute atomic E-state index is 12.3. The van der Waals surface area contributed by atoms with Gasteiger partial charge in [-0.1, -0.05) is 0 Å². The van der Waals surface area contributed by atoms with Gasteiger partial charge in [-0.2, -0.15) is 0 Å². The first-order chi connectivity index (χ1) is 9.38. The first-order valence-electron chi connectivity index (χ1n) is 6.05. The monoisotopic (exact) mass is 334 g/mol. The SMILES string of the molecule is Cc1cc(N)c(NC(=O)c2ccc(O)cc2C)c(Br)c1. The van der Waals surface area contributed by atoms with E-state index in [1.165, 1.54) is 6.07 Å². The lowest BCUT2D eigenvalue weighted by molar-refractivity contribution is 0.102. The number of nitrogens with two attached hydrogens (primary N) is 1. The Labute approximate surface area is 125 Å². The van der Waals surface area contributed by atoms with Crippen LogP contribution in [0.5, 0.6) is 5.75 Å². The number of hydrogen-bond acceptors (Lipinski definition) is 3. The summed E-state index contributed by atoms with van der Waals surface area (Å²) in [6.45, 7) is 3.69. The van der Waals surface area contributed by atoms with Crippen molar-refractivity contribution in [1.29, 1.82) is 0 Å². The average Bonchev–Trinajstić information content (AvgIpc) is 2.33. The van der Waals surface area contributed by atoms with E-state index in [0.29, 0.717) is 22.5 Å². The Balaban J connectivity index is 2.33. The van der Waals surface area contributed by atoms with E-state index in [1.54, 1.807) is 25.1 Å². The lowest BCUT2D eigenvalue weighted by atomic mass is 10.1. The largest absolute Gasteiger partial charge is 0.508 e. The van der Waals surface area contributed by atoms with E-state index in [9.17, 15) is 9.90 Å². The van der Waals surface area contributed by atoms with E-state index in [0.717, 1.165) is 10.0 Å². The third-order valence-electron chi connectivity index (χ3n) is 2.96. The zero-order valence-corrected chi connectivity index (χ0v) is 12.8. The fourth-order valence-corrected chi connectivity index (χ4v) is 2.67. The van der Waals surface area contributed by atoms with Gasteiger partial charge in [0.25, 0.3) is 5.91 Å². The van der Waals surface area contributed by atoms with Gasteiger partial charge in [0.15, 0.2) is 0 Å². The number of anilines is 2. The first-order valence-corrected chi connectivity index (χ1v) is 6.84. The number of carbonyl (C=O) groups excluding carboxylic acids is 1. The van der Waals surface area contributed by atoms with Crippen LogP contribution in [-0.2, 0) is 0 Å². The predicted octanol–water partition coefficient (Wildman–Crippen LogP) is 3.61. The second kappa shape index (κ2) is 5.54. The highest BCUT2D eigenvalue weighted by Crippen LogP contribution is 2.31. The standard InChI is InChI=1S/C15H15BrN2O2/c1-8-5-12(16)14(13(17)6-8)18-15(20)11-4-3-10(19)7-9(11)2/h3-7,19H,17H2,1-2H3,(H,18,20). The lowest BCUT2D eigenvalue weighted by Crippen LogP contribution is -2.15. The van der Waals surface area contributed by atoms with Crippen molar-refractivity contribution in [2.45, 2.75) is 13.8 Å². The molecule has 2 aromatic carbocycles. The van der Waals surface area contributed by atoms with Crippen molar-refractivity contribution in [2.75, 3.05) is 11.1 Å². The van der Waals surface area contributed by atoms with Gasteiger partial charge >= 0.3 is 0 Å². The van der Waals surface area contributed by atoms with Gasteiger partial charge in [-0.15, -0.1) is 0 Å². The first kappa shape index (κ1) is 14.4. The van der Waals surface area contributed by atoms with E-state index < -0.39 is 0 Å². The molecule has 0 fully saturated rings. The van der Waals surface area contributed by atoms with Crippen molar-refractivity contribution in [3.63, 3.8) is 0 Å². The molecule has 0 unspecified atom stereocenters. The van der Waals surface area contributed by atoms with E-state index in [1.807, 2.05) is 13.0 Å². The van der Waals surface area contributed by atoms with Crippen LogP contribution >= 0.6 is 15.9 Å². The number of hydrogen-bond donors (Lipinski definition) is 3.